The van der Waals surface area contributed by atoms with Gasteiger partial charge in [-0.05, 0) is 84.1 Å². The minimum absolute atomic E-state index is 0.566. The van der Waals surface area contributed by atoms with Gasteiger partial charge in [-0.2, -0.15) is 0 Å². The molecule has 0 atom stereocenters. The fourth-order valence-corrected chi connectivity index (χ4v) is 3.22. The Labute approximate surface area is 199 Å². The maximum atomic E-state index is 5.37. The quantitative estimate of drug-likeness (QED) is 0.357. The van der Waals surface area contributed by atoms with Crippen LogP contribution in [0.1, 0.15) is 11.1 Å². The van der Waals surface area contributed by atoms with Gasteiger partial charge < -0.3 is 30.7 Å². The number of benzene rings is 3. The molecule has 0 heterocycles. The van der Waals surface area contributed by atoms with Crippen LogP contribution in [0.4, 0.5) is 11.4 Å². The Bertz CT molecular complexity index is 939. The first kappa shape index (κ1) is 23.3. The van der Waals surface area contributed by atoms with E-state index < -0.39 is 0 Å². The van der Waals surface area contributed by atoms with Crippen molar-refractivity contribution in [1.82, 2.24) is 10.6 Å². The third kappa shape index (κ3) is 7.40. The molecule has 0 aliphatic rings. The smallest absolute Gasteiger partial charge is 0.171 e. The summed E-state index contributed by atoms with van der Waals surface area (Å²) >= 11 is 10.7. The molecule has 0 bridgehead atoms. The zero-order chi connectivity index (χ0) is 22.8. The highest BCUT2D eigenvalue weighted by Gasteiger charge is 2.02. The lowest BCUT2D eigenvalue weighted by molar-refractivity contribution is 0.415. The number of thiocarbonyl (C=S) groups is 2. The molecule has 0 spiro atoms. The molecule has 0 aromatic heterocycles. The normalized spacial score (nSPS) is 10.1. The van der Waals surface area contributed by atoms with Crippen LogP contribution < -0.4 is 30.7 Å². The highest BCUT2D eigenvalue weighted by molar-refractivity contribution is 7.80. The summed E-state index contributed by atoms with van der Waals surface area (Å²) in [4.78, 5) is 0. The Morgan fingerprint density at radius 1 is 0.594 bits per heavy atom. The average molecular weight is 467 g/mol. The van der Waals surface area contributed by atoms with Gasteiger partial charge in [0.05, 0.1) is 14.2 Å². The number of hydrogen-bond donors (Lipinski definition) is 4. The summed E-state index contributed by atoms with van der Waals surface area (Å²) in [5.74, 6) is 1.61. The SMILES string of the molecule is COc1ccc(NC(=S)NCc2ccc(CNC(=S)Nc3ccc(OC)cc3)cc2)cc1. The third-order valence-electron chi connectivity index (χ3n) is 4.62. The van der Waals surface area contributed by atoms with Crippen LogP contribution in [0.3, 0.4) is 0 Å². The molecule has 6 nitrogen and oxygen atoms in total. The molecule has 32 heavy (non-hydrogen) atoms. The number of nitrogens with one attached hydrogen (secondary N) is 4. The third-order valence-corrected chi connectivity index (χ3v) is 5.12. The number of methoxy groups -OCH3 is 2. The molecule has 3 aromatic rings. The minimum Gasteiger partial charge on any atom is -0.497 e. The van der Waals surface area contributed by atoms with E-state index in [2.05, 4.69) is 45.5 Å². The van der Waals surface area contributed by atoms with Crippen LogP contribution >= 0.6 is 24.4 Å². The van der Waals surface area contributed by atoms with E-state index in [-0.39, 0.29) is 0 Å². The van der Waals surface area contributed by atoms with Crippen molar-refractivity contribution in [2.24, 2.45) is 0 Å². The highest BCUT2D eigenvalue weighted by atomic mass is 32.1. The van der Waals surface area contributed by atoms with Gasteiger partial charge in [-0.25, -0.2) is 0 Å². The molecule has 0 saturated carbocycles. The Hall–Kier alpha value is -3.36. The fraction of sp³-hybridized carbons (Fsp3) is 0.167. The van der Waals surface area contributed by atoms with Crippen LogP contribution in [0, 0.1) is 0 Å². The van der Waals surface area contributed by atoms with Crippen molar-refractivity contribution in [2.75, 3.05) is 24.9 Å². The molecule has 4 N–H and O–H groups in total. The van der Waals surface area contributed by atoms with E-state index in [4.69, 9.17) is 33.9 Å². The molecule has 3 rings (SSSR count). The molecular weight excluding hydrogens is 440 g/mol. The first-order valence-electron chi connectivity index (χ1n) is 10.0. The van der Waals surface area contributed by atoms with Crippen LogP contribution in [0.15, 0.2) is 72.8 Å². The summed E-state index contributed by atoms with van der Waals surface area (Å²) < 4.78 is 10.3. The zero-order valence-corrected chi connectivity index (χ0v) is 19.6. The fourth-order valence-electron chi connectivity index (χ4n) is 2.84. The van der Waals surface area contributed by atoms with Gasteiger partial charge in [0.1, 0.15) is 11.5 Å². The van der Waals surface area contributed by atoms with E-state index in [0.717, 1.165) is 34.0 Å². The molecule has 0 unspecified atom stereocenters. The molecule has 0 amide bonds. The van der Waals surface area contributed by atoms with Gasteiger partial charge in [-0.1, -0.05) is 24.3 Å². The van der Waals surface area contributed by atoms with Crippen molar-refractivity contribution < 1.29 is 9.47 Å². The van der Waals surface area contributed by atoms with Gasteiger partial charge in [-0.3, -0.25) is 0 Å². The zero-order valence-electron chi connectivity index (χ0n) is 18.0. The van der Waals surface area contributed by atoms with Crippen LogP contribution in [-0.2, 0) is 13.1 Å². The summed E-state index contributed by atoms with van der Waals surface area (Å²) in [6, 6.07) is 23.5. The van der Waals surface area contributed by atoms with E-state index >= 15 is 0 Å². The lowest BCUT2D eigenvalue weighted by atomic mass is 10.1. The molecular formula is C24H26N4O2S2. The second-order valence-electron chi connectivity index (χ2n) is 6.89. The monoisotopic (exact) mass is 466 g/mol. The van der Waals surface area contributed by atoms with Gasteiger partial charge in [0.2, 0.25) is 0 Å². The number of hydrogen-bond acceptors (Lipinski definition) is 4. The molecule has 0 saturated heterocycles. The Morgan fingerprint density at radius 2 is 0.938 bits per heavy atom. The van der Waals surface area contributed by atoms with Crippen molar-refractivity contribution in [1.29, 1.82) is 0 Å². The lowest BCUT2D eigenvalue weighted by Crippen LogP contribution is -2.28. The molecule has 0 fully saturated rings. The summed E-state index contributed by atoms with van der Waals surface area (Å²) in [5, 5.41) is 13.9. The van der Waals surface area contributed by atoms with Crippen LogP contribution in [0.5, 0.6) is 11.5 Å². The molecule has 0 aliphatic heterocycles. The number of ether oxygens (including phenoxy) is 2. The van der Waals surface area contributed by atoms with Gasteiger partial charge in [0, 0.05) is 24.5 Å². The topological polar surface area (TPSA) is 66.6 Å². The van der Waals surface area contributed by atoms with Crippen molar-refractivity contribution in [3.8, 4) is 11.5 Å². The minimum atomic E-state index is 0.566. The van der Waals surface area contributed by atoms with Crippen molar-refractivity contribution in [2.45, 2.75) is 13.1 Å². The average Bonchev–Trinajstić information content (AvgIpc) is 2.83. The predicted octanol–water partition coefficient (Wildman–Crippen LogP) is 4.68. The molecule has 8 heteroatoms. The number of rotatable bonds is 8. The largest absolute Gasteiger partial charge is 0.497 e. The van der Waals surface area contributed by atoms with E-state index in [0.29, 0.717) is 23.3 Å². The Balaban J connectivity index is 1.40. The van der Waals surface area contributed by atoms with Crippen LogP contribution in [-0.4, -0.2) is 24.4 Å². The van der Waals surface area contributed by atoms with Crippen molar-refractivity contribution in [3.63, 3.8) is 0 Å². The van der Waals surface area contributed by atoms with Crippen LogP contribution in [0.2, 0.25) is 0 Å². The Kier molecular flexibility index (Phi) is 8.65. The van der Waals surface area contributed by atoms with E-state index in [9.17, 15) is 0 Å². The first-order chi connectivity index (χ1) is 15.6. The summed E-state index contributed by atoms with van der Waals surface area (Å²) in [6.07, 6.45) is 0. The standard InChI is InChI=1S/C24H26N4O2S2/c1-29-21-11-7-19(8-12-21)27-23(31)25-15-17-3-5-18(6-4-17)16-26-24(32)28-20-9-13-22(30-2)14-10-20/h3-14H,15-16H2,1-2H3,(H2,25,27,31)(H2,26,28,32). The van der Waals surface area contributed by atoms with Gasteiger partial charge in [0.25, 0.3) is 0 Å². The molecule has 0 radical (unpaired) electrons. The van der Waals surface area contributed by atoms with E-state index in [1.54, 1.807) is 14.2 Å². The van der Waals surface area contributed by atoms with Crippen molar-refractivity contribution in [3.05, 3.63) is 83.9 Å². The summed E-state index contributed by atoms with van der Waals surface area (Å²) in [5.41, 5.74) is 4.08. The van der Waals surface area contributed by atoms with Gasteiger partial charge in [0.15, 0.2) is 10.2 Å². The molecule has 166 valence electrons. The lowest BCUT2D eigenvalue weighted by Gasteiger charge is -2.12. The predicted molar refractivity (Wildman–Crippen MR) is 139 cm³/mol. The first-order valence-corrected chi connectivity index (χ1v) is 10.8. The maximum absolute atomic E-state index is 5.37. The van der Waals surface area contributed by atoms with Gasteiger partial charge in [-0.15, -0.1) is 0 Å². The van der Waals surface area contributed by atoms with E-state index in [1.165, 1.54) is 0 Å². The van der Waals surface area contributed by atoms with E-state index in [1.807, 2.05) is 48.5 Å². The second-order valence-corrected chi connectivity index (χ2v) is 7.71. The summed E-state index contributed by atoms with van der Waals surface area (Å²) in [6.45, 7) is 1.26. The highest BCUT2D eigenvalue weighted by Crippen LogP contribution is 2.16. The molecule has 0 aliphatic carbocycles. The summed E-state index contributed by atoms with van der Waals surface area (Å²) in [7, 11) is 3.29. The van der Waals surface area contributed by atoms with Crippen molar-refractivity contribution >= 4 is 46.0 Å². The molecule has 3 aromatic carbocycles. The van der Waals surface area contributed by atoms with Gasteiger partial charge >= 0.3 is 0 Å². The second kappa shape index (κ2) is 11.9. The maximum Gasteiger partial charge on any atom is 0.171 e. The number of anilines is 2. The van der Waals surface area contributed by atoms with Crippen LogP contribution in [0.25, 0.3) is 0 Å². The Morgan fingerprint density at radius 3 is 1.25 bits per heavy atom.